The molecule has 0 bridgehead atoms. The summed E-state index contributed by atoms with van der Waals surface area (Å²) in [5, 5.41) is 5.63. The number of alkyl halides is 3. The Bertz CT molecular complexity index is 813. The zero-order chi connectivity index (χ0) is 23.8. The molecule has 2 heterocycles. The molecule has 2 aliphatic rings. The maximum Gasteiger partial charge on any atom is 0.416 e. The molecule has 33 heavy (non-hydrogen) atoms. The van der Waals surface area contributed by atoms with Crippen LogP contribution in [0.15, 0.2) is 18.2 Å². The Labute approximate surface area is 192 Å². The van der Waals surface area contributed by atoms with Gasteiger partial charge in [0.1, 0.15) is 0 Å². The van der Waals surface area contributed by atoms with Gasteiger partial charge < -0.3 is 20.3 Å². The molecule has 2 amide bonds. The Kier molecular flexibility index (Phi) is 8.96. The van der Waals surface area contributed by atoms with Crippen molar-refractivity contribution in [1.29, 1.82) is 0 Å². The first-order chi connectivity index (χ1) is 15.8. The van der Waals surface area contributed by atoms with E-state index in [-0.39, 0.29) is 24.1 Å². The van der Waals surface area contributed by atoms with Gasteiger partial charge in [-0.05, 0) is 44.0 Å². The van der Waals surface area contributed by atoms with Gasteiger partial charge in [-0.15, -0.1) is 0 Å². The highest BCUT2D eigenvalue weighted by Gasteiger charge is 2.32. The maximum atomic E-state index is 13.3. The van der Waals surface area contributed by atoms with Gasteiger partial charge in [0.2, 0.25) is 11.8 Å². The number of carbonyl (C=O) groups excluding carboxylic acids is 2. The molecule has 2 aliphatic heterocycles. The average molecular weight is 471 g/mol. The Morgan fingerprint density at radius 2 is 1.94 bits per heavy atom. The van der Waals surface area contributed by atoms with E-state index in [2.05, 4.69) is 17.6 Å². The summed E-state index contributed by atoms with van der Waals surface area (Å²) in [6.07, 6.45) is -1.02. The van der Waals surface area contributed by atoms with Gasteiger partial charge in [-0.25, -0.2) is 0 Å². The lowest BCUT2D eigenvalue weighted by molar-refractivity contribution is -0.137. The summed E-state index contributed by atoms with van der Waals surface area (Å²) in [6.45, 7) is 5.89. The second kappa shape index (κ2) is 11.7. The number of unbranched alkanes of at least 4 members (excludes halogenated alkanes) is 1. The van der Waals surface area contributed by atoms with Crippen molar-refractivity contribution in [3.63, 3.8) is 0 Å². The van der Waals surface area contributed by atoms with E-state index in [1.54, 1.807) is 0 Å². The van der Waals surface area contributed by atoms with Crippen LogP contribution in [0.4, 0.5) is 24.5 Å². The molecule has 2 fully saturated rings. The van der Waals surface area contributed by atoms with Gasteiger partial charge in [0.25, 0.3) is 0 Å². The lowest BCUT2D eigenvalue weighted by Crippen LogP contribution is -2.45. The molecule has 1 aromatic carbocycles. The van der Waals surface area contributed by atoms with Crippen molar-refractivity contribution in [1.82, 2.24) is 10.2 Å². The number of piperidine rings is 1. The smallest absolute Gasteiger partial charge is 0.378 e. The van der Waals surface area contributed by atoms with Crippen molar-refractivity contribution in [2.75, 3.05) is 62.7 Å². The first-order valence-corrected chi connectivity index (χ1v) is 11.6. The summed E-state index contributed by atoms with van der Waals surface area (Å²) in [4.78, 5) is 29.0. The normalized spacial score (nSPS) is 19.9. The quantitative estimate of drug-likeness (QED) is 0.572. The number of morpholine rings is 1. The first-order valence-electron chi connectivity index (χ1n) is 11.6. The molecular weight excluding hydrogens is 437 g/mol. The number of ether oxygens (including phenoxy) is 1. The number of rotatable bonds is 8. The van der Waals surface area contributed by atoms with Crippen LogP contribution >= 0.6 is 0 Å². The molecule has 10 heteroatoms. The number of benzene rings is 1. The number of likely N-dealkylation sites (tertiary alicyclic amines) is 1. The molecule has 0 saturated carbocycles. The Hall–Kier alpha value is -2.33. The van der Waals surface area contributed by atoms with Gasteiger partial charge in [-0.1, -0.05) is 13.3 Å². The van der Waals surface area contributed by atoms with Gasteiger partial charge in [-0.2, -0.15) is 13.2 Å². The van der Waals surface area contributed by atoms with Crippen LogP contribution in [-0.4, -0.2) is 69.2 Å². The van der Waals surface area contributed by atoms with E-state index in [4.69, 9.17) is 4.74 Å². The van der Waals surface area contributed by atoms with E-state index in [1.807, 2.05) is 9.80 Å². The van der Waals surface area contributed by atoms with Gasteiger partial charge in [0.05, 0.1) is 42.6 Å². The molecule has 1 atom stereocenters. The molecule has 2 saturated heterocycles. The minimum atomic E-state index is -4.51. The number of anilines is 2. The molecule has 1 aromatic rings. The average Bonchev–Trinajstić information content (AvgIpc) is 2.79. The summed E-state index contributed by atoms with van der Waals surface area (Å²) in [5.74, 6) is -0.571. The highest BCUT2D eigenvalue weighted by atomic mass is 19.4. The standard InChI is InChI=1S/C23H33F3N4O3/c1-2-3-8-27-22(32)17-5-4-9-29(15-17)16-21(31)28-19-14-18(23(24,25)26)6-7-20(19)30-10-12-33-13-11-30/h6-7,14,17H,2-5,8-13,15-16H2,1H3,(H,27,32)(H,28,31). The van der Waals surface area contributed by atoms with E-state index >= 15 is 0 Å². The third-order valence-corrected chi connectivity index (χ3v) is 6.02. The molecule has 1 unspecified atom stereocenters. The molecule has 184 valence electrons. The Balaban J connectivity index is 1.65. The second-order valence-corrected chi connectivity index (χ2v) is 8.60. The highest BCUT2D eigenvalue weighted by Crippen LogP contribution is 2.35. The van der Waals surface area contributed by atoms with E-state index < -0.39 is 17.6 Å². The molecule has 0 aromatic heterocycles. The molecule has 2 N–H and O–H groups in total. The second-order valence-electron chi connectivity index (χ2n) is 8.60. The van der Waals surface area contributed by atoms with Gasteiger partial charge in [0, 0.05) is 26.2 Å². The monoisotopic (exact) mass is 470 g/mol. The summed E-state index contributed by atoms with van der Waals surface area (Å²) in [7, 11) is 0. The van der Waals surface area contributed by atoms with Crippen molar-refractivity contribution in [3.05, 3.63) is 23.8 Å². The minimum absolute atomic E-state index is 0.000963. The number of carbonyl (C=O) groups is 2. The fraction of sp³-hybridized carbons (Fsp3) is 0.652. The highest BCUT2D eigenvalue weighted by molar-refractivity contribution is 5.96. The van der Waals surface area contributed by atoms with Crippen LogP contribution in [0.3, 0.4) is 0 Å². The van der Waals surface area contributed by atoms with E-state index in [9.17, 15) is 22.8 Å². The number of hydrogen-bond donors (Lipinski definition) is 2. The molecular formula is C23H33F3N4O3. The molecule has 0 spiro atoms. The van der Waals surface area contributed by atoms with Crippen molar-refractivity contribution in [2.24, 2.45) is 5.92 Å². The van der Waals surface area contributed by atoms with E-state index in [0.29, 0.717) is 51.6 Å². The number of halogens is 3. The topological polar surface area (TPSA) is 73.9 Å². The van der Waals surface area contributed by atoms with Crippen LogP contribution in [-0.2, 0) is 20.5 Å². The van der Waals surface area contributed by atoms with E-state index in [0.717, 1.165) is 37.8 Å². The third kappa shape index (κ3) is 7.33. The van der Waals surface area contributed by atoms with Crippen LogP contribution in [0.25, 0.3) is 0 Å². The van der Waals surface area contributed by atoms with Crippen molar-refractivity contribution < 1.29 is 27.5 Å². The lowest BCUT2D eigenvalue weighted by atomic mass is 9.97. The van der Waals surface area contributed by atoms with Gasteiger partial charge >= 0.3 is 6.18 Å². The summed E-state index contributed by atoms with van der Waals surface area (Å²) >= 11 is 0. The zero-order valence-corrected chi connectivity index (χ0v) is 19.0. The summed E-state index contributed by atoms with van der Waals surface area (Å²) < 4.78 is 45.2. The molecule has 3 rings (SSSR count). The van der Waals surface area contributed by atoms with Gasteiger partial charge in [0.15, 0.2) is 0 Å². The van der Waals surface area contributed by atoms with Crippen molar-refractivity contribution >= 4 is 23.2 Å². The number of hydrogen-bond acceptors (Lipinski definition) is 5. The van der Waals surface area contributed by atoms with Gasteiger partial charge in [-0.3, -0.25) is 14.5 Å². The molecule has 0 aliphatic carbocycles. The SMILES string of the molecule is CCCCNC(=O)C1CCCN(CC(=O)Nc2cc(C(F)(F)F)ccc2N2CCOCC2)C1. The number of nitrogens with one attached hydrogen (secondary N) is 2. The number of amides is 2. The Morgan fingerprint density at radius 1 is 1.18 bits per heavy atom. The third-order valence-electron chi connectivity index (χ3n) is 6.02. The Morgan fingerprint density at radius 3 is 2.64 bits per heavy atom. The van der Waals surface area contributed by atoms with Crippen molar-refractivity contribution in [2.45, 2.75) is 38.8 Å². The van der Waals surface area contributed by atoms with Crippen LogP contribution in [0.5, 0.6) is 0 Å². The first kappa shape index (κ1) is 25.3. The summed E-state index contributed by atoms with van der Waals surface area (Å²) in [6, 6.07) is 3.43. The van der Waals surface area contributed by atoms with Crippen molar-refractivity contribution in [3.8, 4) is 0 Å². The zero-order valence-electron chi connectivity index (χ0n) is 19.0. The van der Waals surface area contributed by atoms with Crippen LogP contribution in [0.1, 0.15) is 38.2 Å². The fourth-order valence-electron chi connectivity index (χ4n) is 4.23. The van der Waals surface area contributed by atoms with Crippen LogP contribution in [0.2, 0.25) is 0 Å². The molecule has 7 nitrogen and oxygen atoms in total. The van der Waals surface area contributed by atoms with Crippen LogP contribution in [0, 0.1) is 5.92 Å². The summed E-state index contributed by atoms with van der Waals surface area (Å²) in [5.41, 5.74) is -0.120. The van der Waals surface area contributed by atoms with Crippen LogP contribution < -0.4 is 15.5 Å². The predicted octanol–water partition coefficient (Wildman–Crippen LogP) is 3.11. The lowest BCUT2D eigenvalue weighted by Gasteiger charge is -2.32. The minimum Gasteiger partial charge on any atom is -0.378 e. The van der Waals surface area contributed by atoms with E-state index in [1.165, 1.54) is 6.07 Å². The largest absolute Gasteiger partial charge is 0.416 e. The maximum absolute atomic E-state index is 13.3. The molecule has 0 radical (unpaired) electrons. The fourth-order valence-corrected chi connectivity index (χ4v) is 4.23. The number of nitrogens with zero attached hydrogens (tertiary/aromatic N) is 2. The predicted molar refractivity (Wildman–Crippen MR) is 120 cm³/mol.